The Balaban J connectivity index is 2.66. The van der Waals surface area contributed by atoms with Gasteiger partial charge in [-0.3, -0.25) is 9.59 Å². The Morgan fingerprint density at radius 3 is 2.47 bits per heavy atom. The molecule has 1 amide bonds. The van der Waals surface area contributed by atoms with Crippen molar-refractivity contribution < 1.29 is 19.4 Å². The first-order chi connectivity index (χ1) is 8.78. The van der Waals surface area contributed by atoms with Crippen LogP contribution < -0.4 is 5.32 Å². The number of ether oxygens (including phenoxy) is 1. The predicted octanol–water partition coefficient (Wildman–Crippen LogP) is 2.07. The zero-order valence-corrected chi connectivity index (χ0v) is 11.4. The summed E-state index contributed by atoms with van der Waals surface area (Å²) in [7, 11) is 0. The van der Waals surface area contributed by atoms with Crippen LogP contribution >= 0.6 is 0 Å². The molecular weight excluding hydrogens is 246 g/mol. The molecular formula is C14H19NO4. The van der Waals surface area contributed by atoms with E-state index in [9.17, 15) is 9.59 Å². The smallest absolute Gasteiger partial charge is 0.307 e. The fourth-order valence-electron chi connectivity index (χ4n) is 1.43. The number of aliphatic carboxylic acids is 1. The summed E-state index contributed by atoms with van der Waals surface area (Å²) in [6.07, 6.45) is -0.128. The minimum atomic E-state index is -0.937. The second-order valence-corrected chi connectivity index (χ2v) is 5.18. The summed E-state index contributed by atoms with van der Waals surface area (Å²) in [6, 6.07) is 6.83. The largest absolute Gasteiger partial charge is 0.481 e. The Morgan fingerprint density at radius 2 is 1.89 bits per heavy atom. The van der Waals surface area contributed by atoms with Crippen molar-refractivity contribution in [3.8, 4) is 0 Å². The molecule has 0 saturated carbocycles. The third-order valence-corrected chi connectivity index (χ3v) is 2.27. The summed E-state index contributed by atoms with van der Waals surface area (Å²) in [4.78, 5) is 22.4. The van der Waals surface area contributed by atoms with Crippen molar-refractivity contribution in [1.82, 2.24) is 0 Å². The molecule has 5 nitrogen and oxygen atoms in total. The first-order valence-electron chi connectivity index (χ1n) is 6.01. The molecule has 0 fully saturated rings. The molecule has 0 saturated heterocycles. The summed E-state index contributed by atoms with van der Waals surface area (Å²) in [6.45, 7) is 5.51. The predicted molar refractivity (Wildman–Crippen MR) is 72.1 cm³/mol. The number of carbonyl (C=O) groups is 2. The van der Waals surface area contributed by atoms with Crippen LogP contribution in [0.3, 0.4) is 0 Å². The quantitative estimate of drug-likeness (QED) is 0.854. The van der Waals surface area contributed by atoms with E-state index in [1.54, 1.807) is 24.3 Å². The number of rotatable bonds is 5. The van der Waals surface area contributed by atoms with Crippen LogP contribution in [0.4, 0.5) is 5.69 Å². The number of para-hydroxylation sites is 1. The Kier molecular flexibility index (Phi) is 5.06. The van der Waals surface area contributed by atoms with Crippen LogP contribution in [-0.2, 0) is 20.7 Å². The van der Waals surface area contributed by atoms with Gasteiger partial charge in [-0.2, -0.15) is 0 Å². The summed E-state index contributed by atoms with van der Waals surface area (Å²) in [5, 5.41) is 11.5. The molecule has 0 aliphatic carbocycles. The number of amides is 1. The second kappa shape index (κ2) is 6.33. The monoisotopic (exact) mass is 265 g/mol. The van der Waals surface area contributed by atoms with E-state index in [1.165, 1.54) is 0 Å². The first-order valence-corrected chi connectivity index (χ1v) is 6.01. The number of carbonyl (C=O) groups excluding carboxylic acids is 1. The van der Waals surface area contributed by atoms with E-state index in [-0.39, 0.29) is 18.9 Å². The number of anilines is 1. The highest BCUT2D eigenvalue weighted by atomic mass is 16.5. The lowest BCUT2D eigenvalue weighted by molar-refractivity contribution is -0.136. The lowest BCUT2D eigenvalue weighted by atomic mass is 10.1. The molecule has 0 aliphatic rings. The van der Waals surface area contributed by atoms with Gasteiger partial charge in [0, 0.05) is 5.69 Å². The molecule has 19 heavy (non-hydrogen) atoms. The summed E-state index contributed by atoms with van der Waals surface area (Å²) in [5.41, 5.74) is 0.685. The van der Waals surface area contributed by atoms with Crippen LogP contribution in [0.1, 0.15) is 26.3 Å². The minimum absolute atomic E-state index is 0.0646. The van der Waals surface area contributed by atoms with Crippen molar-refractivity contribution >= 4 is 17.6 Å². The molecule has 0 unspecified atom stereocenters. The average Bonchev–Trinajstić information content (AvgIpc) is 2.27. The summed E-state index contributed by atoms with van der Waals surface area (Å²) >= 11 is 0. The molecule has 0 spiro atoms. The summed E-state index contributed by atoms with van der Waals surface area (Å²) in [5.74, 6) is -1.24. The highest BCUT2D eigenvalue weighted by molar-refractivity contribution is 5.93. The third kappa shape index (κ3) is 6.01. The molecule has 1 rings (SSSR count). The molecule has 0 aliphatic heterocycles. The Bertz CT molecular complexity index is 463. The van der Waals surface area contributed by atoms with E-state index in [0.717, 1.165) is 0 Å². The van der Waals surface area contributed by atoms with Crippen molar-refractivity contribution in [2.45, 2.75) is 32.8 Å². The zero-order chi connectivity index (χ0) is 14.5. The number of carboxylic acids is 1. The first kappa shape index (κ1) is 15.2. The van der Waals surface area contributed by atoms with Crippen molar-refractivity contribution in [3.63, 3.8) is 0 Å². The second-order valence-electron chi connectivity index (χ2n) is 5.18. The van der Waals surface area contributed by atoms with Gasteiger partial charge in [-0.05, 0) is 32.4 Å². The van der Waals surface area contributed by atoms with E-state index in [1.807, 2.05) is 20.8 Å². The standard InChI is InChI=1S/C14H19NO4/c1-14(2,3)19-9-12(16)15-11-7-5-4-6-10(11)8-13(17)18/h4-7H,8-9H2,1-3H3,(H,15,16)(H,17,18). The van der Waals surface area contributed by atoms with Gasteiger partial charge in [0.05, 0.1) is 12.0 Å². The lowest BCUT2D eigenvalue weighted by Crippen LogP contribution is -2.27. The molecule has 1 aromatic carbocycles. The normalized spacial score (nSPS) is 11.1. The van der Waals surface area contributed by atoms with E-state index in [4.69, 9.17) is 9.84 Å². The fourth-order valence-corrected chi connectivity index (χ4v) is 1.43. The van der Waals surface area contributed by atoms with Crippen LogP contribution in [0.25, 0.3) is 0 Å². The van der Waals surface area contributed by atoms with E-state index < -0.39 is 11.6 Å². The highest BCUT2D eigenvalue weighted by Gasteiger charge is 2.14. The van der Waals surface area contributed by atoms with Crippen LogP contribution in [0.2, 0.25) is 0 Å². The Hall–Kier alpha value is -1.88. The van der Waals surface area contributed by atoms with Crippen LogP contribution in [-0.4, -0.2) is 29.2 Å². The van der Waals surface area contributed by atoms with Gasteiger partial charge in [-0.25, -0.2) is 0 Å². The topological polar surface area (TPSA) is 75.6 Å². The SMILES string of the molecule is CC(C)(C)OCC(=O)Nc1ccccc1CC(=O)O. The van der Waals surface area contributed by atoms with Crippen LogP contribution in [0.5, 0.6) is 0 Å². The molecule has 0 aromatic heterocycles. The Labute approximate surface area is 112 Å². The number of nitrogens with one attached hydrogen (secondary N) is 1. The van der Waals surface area contributed by atoms with Crippen molar-refractivity contribution in [2.24, 2.45) is 0 Å². The maximum atomic E-state index is 11.7. The number of hydrogen-bond donors (Lipinski definition) is 2. The minimum Gasteiger partial charge on any atom is -0.481 e. The number of carboxylic acid groups (broad SMARTS) is 1. The molecule has 0 radical (unpaired) electrons. The van der Waals surface area contributed by atoms with Gasteiger partial charge in [-0.15, -0.1) is 0 Å². The molecule has 2 N–H and O–H groups in total. The number of benzene rings is 1. The molecule has 0 atom stereocenters. The van der Waals surface area contributed by atoms with Gasteiger partial charge < -0.3 is 15.2 Å². The maximum Gasteiger partial charge on any atom is 0.307 e. The van der Waals surface area contributed by atoms with Gasteiger partial charge >= 0.3 is 5.97 Å². The molecule has 0 heterocycles. The van der Waals surface area contributed by atoms with E-state index in [2.05, 4.69) is 5.32 Å². The molecule has 1 aromatic rings. The highest BCUT2D eigenvalue weighted by Crippen LogP contribution is 2.16. The third-order valence-electron chi connectivity index (χ3n) is 2.27. The van der Waals surface area contributed by atoms with Crippen molar-refractivity contribution in [2.75, 3.05) is 11.9 Å². The summed E-state index contributed by atoms with van der Waals surface area (Å²) < 4.78 is 5.36. The van der Waals surface area contributed by atoms with Gasteiger partial charge in [0.2, 0.25) is 5.91 Å². The lowest BCUT2D eigenvalue weighted by Gasteiger charge is -2.19. The zero-order valence-electron chi connectivity index (χ0n) is 11.4. The van der Waals surface area contributed by atoms with Crippen molar-refractivity contribution in [1.29, 1.82) is 0 Å². The van der Waals surface area contributed by atoms with Crippen molar-refractivity contribution in [3.05, 3.63) is 29.8 Å². The van der Waals surface area contributed by atoms with Gasteiger partial charge in [-0.1, -0.05) is 18.2 Å². The van der Waals surface area contributed by atoms with Crippen LogP contribution in [0, 0.1) is 0 Å². The maximum absolute atomic E-state index is 11.7. The van der Waals surface area contributed by atoms with Gasteiger partial charge in [0.1, 0.15) is 6.61 Å². The number of hydrogen-bond acceptors (Lipinski definition) is 3. The van der Waals surface area contributed by atoms with Gasteiger partial charge in [0.25, 0.3) is 0 Å². The average molecular weight is 265 g/mol. The van der Waals surface area contributed by atoms with E-state index >= 15 is 0 Å². The van der Waals surface area contributed by atoms with E-state index in [0.29, 0.717) is 11.3 Å². The molecule has 0 bridgehead atoms. The molecule has 104 valence electrons. The Morgan fingerprint density at radius 1 is 1.26 bits per heavy atom. The van der Waals surface area contributed by atoms with Crippen LogP contribution in [0.15, 0.2) is 24.3 Å². The molecule has 5 heteroatoms. The van der Waals surface area contributed by atoms with Gasteiger partial charge in [0.15, 0.2) is 0 Å². The fraction of sp³-hybridized carbons (Fsp3) is 0.429.